The molecule has 130 valence electrons. The first-order chi connectivity index (χ1) is 12.0. The Kier molecular flexibility index (Phi) is 6.36. The van der Waals surface area contributed by atoms with Crippen molar-refractivity contribution in [1.82, 2.24) is 10.6 Å². The van der Waals surface area contributed by atoms with Crippen LogP contribution in [0.5, 0.6) is 0 Å². The number of hydrogen-bond acceptors (Lipinski definition) is 4. The summed E-state index contributed by atoms with van der Waals surface area (Å²) < 4.78 is 5.14. The highest BCUT2D eigenvalue weighted by Gasteiger charge is 2.17. The number of hydrogen-bond donors (Lipinski definition) is 3. The van der Waals surface area contributed by atoms with E-state index in [2.05, 4.69) is 10.6 Å². The first-order valence-corrected chi connectivity index (χ1v) is 7.66. The predicted octanol–water partition coefficient (Wildman–Crippen LogP) is 2.29. The molecule has 0 unspecified atom stereocenters. The maximum absolute atomic E-state index is 12.3. The van der Waals surface area contributed by atoms with Gasteiger partial charge in [-0.15, -0.1) is 0 Å². The van der Waals surface area contributed by atoms with Crippen molar-refractivity contribution in [3.05, 3.63) is 64.7 Å². The van der Waals surface area contributed by atoms with E-state index in [0.29, 0.717) is 5.76 Å². The van der Waals surface area contributed by atoms with Gasteiger partial charge in [-0.1, -0.05) is 23.7 Å². The van der Waals surface area contributed by atoms with Crippen LogP contribution in [0.2, 0.25) is 5.02 Å². The van der Waals surface area contributed by atoms with E-state index in [1.54, 1.807) is 30.3 Å². The Hall–Kier alpha value is -3.06. The molecule has 7 nitrogen and oxygen atoms in total. The monoisotopic (exact) mass is 362 g/mol. The number of halogens is 1. The molecule has 8 heteroatoms. The molecule has 0 saturated carbocycles. The summed E-state index contributed by atoms with van der Waals surface area (Å²) in [6, 6.07) is 9.62. The largest absolute Gasteiger partial charge is 0.481 e. The Labute approximate surface area is 148 Å². The second-order valence-corrected chi connectivity index (χ2v) is 5.31. The zero-order valence-electron chi connectivity index (χ0n) is 13.0. The summed E-state index contributed by atoms with van der Waals surface area (Å²) >= 11 is 5.98. The molecule has 0 spiro atoms. The predicted molar refractivity (Wildman–Crippen MR) is 90.9 cm³/mol. The zero-order valence-corrected chi connectivity index (χ0v) is 13.7. The molecule has 2 rings (SSSR count). The van der Waals surface area contributed by atoms with E-state index < -0.39 is 17.8 Å². The molecule has 0 bridgehead atoms. The van der Waals surface area contributed by atoms with Crippen molar-refractivity contribution in [3.63, 3.8) is 0 Å². The molecule has 1 aromatic carbocycles. The molecule has 0 atom stereocenters. The van der Waals surface area contributed by atoms with Gasteiger partial charge in [-0.05, 0) is 24.3 Å². The van der Waals surface area contributed by atoms with E-state index in [1.807, 2.05) is 0 Å². The highest BCUT2D eigenvalue weighted by atomic mass is 35.5. The van der Waals surface area contributed by atoms with Crippen molar-refractivity contribution in [2.45, 2.75) is 6.42 Å². The normalized spacial score (nSPS) is 11.0. The number of furan rings is 1. The standard InChI is InChI=1S/C17H15ClN2O5/c18-13-6-2-1-5-12(13)16(23)20-14(10-11-4-3-9-25-11)17(24)19-8-7-15(21)22/h1-6,9-10H,7-8H2,(H,19,24)(H,20,23)(H,21,22)/b14-10+. The first-order valence-electron chi connectivity index (χ1n) is 7.28. The van der Waals surface area contributed by atoms with E-state index in [9.17, 15) is 14.4 Å². The van der Waals surface area contributed by atoms with Crippen LogP contribution in [0.25, 0.3) is 6.08 Å². The van der Waals surface area contributed by atoms with E-state index in [4.69, 9.17) is 21.1 Å². The van der Waals surface area contributed by atoms with Gasteiger partial charge in [0, 0.05) is 12.6 Å². The number of amides is 2. The summed E-state index contributed by atoms with van der Waals surface area (Å²) in [6.45, 7) is -0.0778. The second kappa shape index (κ2) is 8.70. The van der Waals surface area contributed by atoms with Crippen LogP contribution in [0.4, 0.5) is 0 Å². The molecule has 1 aromatic heterocycles. The van der Waals surface area contributed by atoms with Crippen LogP contribution >= 0.6 is 11.6 Å². The summed E-state index contributed by atoms with van der Waals surface area (Å²) in [7, 11) is 0. The summed E-state index contributed by atoms with van der Waals surface area (Å²) in [4.78, 5) is 35.1. The summed E-state index contributed by atoms with van der Waals surface area (Å²) in [6.07, 6.45) is 2.52. The topological polar surface area (TPSA) is 109 Å². The third-order valence-electron chi connectivity index (χ3n) is 3.07. The molecule has 3 N–H and O–H groups in total. The molecular weight excluding hydrogens is 348 g/mol. The van der Waals surface area contributed by atoms with E-state index >= 15 is 0 Å². The van der Waals surface area contributed by atoms with Crippen LogP contribution in [0, 0.1) is 0 Å². The Morgan fingerprint density at radius 2 is 1.92 bits per heavy atom. The minimum Gasteiger partial charge on any atom is -0.481 e. The van der Waals surface area contributed by atoms with Gasteiger partial charge in [0.1, 0.15) is 11.5 Å². The van der Waals surface area contributed by atoms with E-state index in [-0.39, 0.29) is 29.2 Å². The molecule has 1 heterocycles. The molecule has 0 aliphatic rings. The van der Waals surface area contributed by atoms with Gasteiger partial charge >= 0.3 is 5.97 Å². The highest BCUT2D eigenvalue weighted by molar-refractivity contribution is 6.34. The van der Waals surface area contributed by atoms with Crippen molar-refractivity contribution in [1.29, 1.82) is 0 Å². The van der Waals surface area contributed by atoms with Crippen LogP contribution < -0.4 is 10.6 Å². The lowest BCUT2D eigenvalue weighted by atomic mass is 10.2. The number of rotatable bonds is 7. The number of carboxylic acids is 1. The summed E-state index contributed by atoms with van der Waals surface area (Å²) in [5.41, 5.74) is 0.109. The molecule has 0 saturated heterocycles. The fourth-order valence-electron chi connectivity index (χ4n) is 1.89. The van der Waals surface area contributed by atoms with E-state index in [0.717, 1.165) is 0 Å². The van der Waals surface area contributed by atoms with Crippen LogP contribution in [-0.4, -0.2) is 29.4 Å². The second-order valence-electron chi connectivity index (χ2n) is 4.91. The molecule has 0 radical (unpaired) electrons. The SMILES string of the molecule is O=C(O)CCNC(=O)/C(=C\c1ccco1)NC(=O)c1ccccc1Cl. The summed E-state index contributed by atoms with van der Waals surface area (Å²) in [5.74, 6) is -1.91. The molecule has 0 aliphatic carbocycles. The van der Waals surface area contributed by atoms with Gasteiger partial charge in [0.25, 0.3) is 11.8 Å². The van der Waals surface area contributed by atoms with Crippen LogP contribution in [0.3, 0.4) is 0 Å². The number of carbonyl (C=O) groups is 3. The smallest absolute Gasteiger partial charge is 0.305 e. The average molecular weight is 363 g/mol. The number of aliphatic carboxylic acids is 1. The molecule has 0 aliphatic heterocycles. The molecule has 2 aromatic rings. The molecule has 25 heavy (non-hydrogen) atoms. The highest BCUT2D eigenvalue weighted by Crippen LogP contribution is 2.15. The van der Waals surface area contributed by atoms with Crippen molar-refractivity contribution >= 4 is 35.5 Å². The van der Waals surface area contributed by atoms with Gasteiger partial charge in [-0.25, -0.2) is 0 Å². The fourth-order valence-corrected chi connectivity index (χ4v) is 2.11. The molecule has 0 fully saturated rings. The maximum Gasteiger partial charge on any atom is 0.305 e. The van der Waals surface area contributed by atoms with Gasteiger partial charge < -0.3 is 20.2 Å². The van der Waals surface area contributed by atoms with Gasteiger partial charge in [0.05, 0.1) is 23.3 Å². The first kappa shape index (κ1) is 18.3. The molecular formula is C17H15ClN2O5. The Morgan fingerprint density at radius 1 is 1.16 bits per heavy atom. The lowest BCUT2D eigenvalue weighted by molar-refractivity contribution is -0.136. The van der Waals surface area contributed by atoms with Crippen molar-refractivity contribution in [2.75, 3.05) is 6.54 Å². The Balaban J connectivity index is 2.17. The number of nitrogens with one attached hydrogen (secondary N) is 2. The number of benzene rings is 1. The fraction of sp³-hybridized carbons (Fsp3) is 0.118. The summed E-state index contributed by atoms with van der Waals surface area (Å²) in [5, 5.41) is 13.8. The van der Waals surface area contributed by atoms with Crippen molar-refractivity contribution < 1.29 is 23.9 Å². The third kappa shape index (κ3) is 5.50. The Bertz CT molecular complexity index is 799. The van der Waals surface area contributed by atoms with Crippen LogP contribution in [0.1, 0.15) is 22.5 Å². The third-order valence-corrected chi connectivity index (χ3v) is 3.40. The lowest BCUT2D eigenvalue weighted by Gasteiger charge is -2.11. The number of carboxylic acid groups (broad SMARTS) is 1. The van der Waals surface area contributed by atoms with Crippen LogP contribution in [-0.2, 0) is 9.59 Å². The van der Waals surface area contributed by atoms with Gasteiger partial charge in [0.15, 0.2) is 0 Å². The van der Waals surface area contributed by atoms with E-state index in [1.165, 1.54) is 18.4 Å². The number of carbonyl (C=O) groups excluding carboxylic acids is 2. The quantitative estimate of drug-likeness (QED) is 0.655. The van der Waals surface area contributed by atoms with Gasteiger partial charge in [-0.2, -0.15) is 0 Å². The van der Waals surface area contributed by atoms with Crippen molar-refractivity contribution in [3.8, 4) is 0 Å². The van der Waals surface area contributed by atoms with Gasteiger partial charge in [0.2, 0.25) is 0 Å². The minimum absolute atomic E-state index is 0.0778. The van der Waals surface area contributed by atoms with Crippen LogP contribution in [0.15, 0.2) is 52.8 Å². The van der Waals surface area contributed by atoms with Gasteiger partial charge in [-0.3, -0.25) is 14.4 Å². The zero-order chi connectivity index (χ0) is 18.2. The van der Waals surface area contributed by atoms with Crippen molar-refractivity contribution in [2.24, 2.45) is 0 Å². The Morgan fingerprint density at radius 3 is 2.56 bits per heavy atom. The lowest BCUT2D eigenvalue weighted by Crippen LogP contribution is -2.35. The molecule has 2 amide bonds. The maximum atomic E-state index is 12.3. The average Bonchev–Trinajstić information content (AvgIpc) is 3.07. The minimum atomic E-state index is -1.04.